The molecule has 0 amide bonds. The molecule has 0 bridgehead atoms. The SMILES string of the molecule is CC(C)(C)c1ccnc(-n2c3[c-]c(Oc4[c-]c5c(cc4)c4cccc6c4n4c(c(-c7ccccc7)nc54)C(C)(C)C6(C)C)ccc3c3cc(B4N(c5ccccc5)c5ccccc5N4c4ccccc4)ccc32)c1.[Pt+2]. The summed E-state index contributed by atoms with van der Waals surface area (Å²) in [5.74, 6) is 2.00. The van der Waals surface area contributed by atoms with Gasteiger partial charge in [0.15, 0.2) is 0 Å². The molecule has 0 spiro atoms. The van der Waals surface area contributed by atoms with E-state index >= 15 is 0 Å². The van der Waals surface area contributed by atoms with E-state index in [4.69, 9.17) is 14.7 Å². The van der Waals surface area contributed by atoms with E-state index in [1.165, 1.54) is 27.7 Å². The van der Waals surface area contributed by atoms with Gasteiger partial charge in [0.05, 0.1) is 22.7 Å². The largest absolute Gasteiger partial charge is 2.00 e. The van der Waals surface area contributed by atoms with Crippen molar-refractivity contribution in [1.29, 1.82) is 0 Å². The van der Waals surface area contributed by atoms with Crippen LogP contribution in [0.15, 0.2) is 194 Å². The topological polar surface area (TPSA) is 50.8 Å². The summed E-state index contributed by atoms with van der Waals surface area (Å²) in [4.78, 5) is 15.5. The third-order valence-electron chi connectivity index (χ3n) is 16.4. The first kappa shape index (κ1) is 46.8. The number of para-hydroxylation sites is 5. The van der Waals surface area contributed by atoms with Crippen LogP contribution in [0.1, 0.15) is 65.3 Å². The monoisotopic (exact) mass is 1150 g/mol. The van der Waals surface area contributed by atoms with Crippen LogP contribution in [0.25, 0.3) is 66.2 Å². The maximum absolute atomic E-state index is 6.93. The van der Waals surface area contributed by atoms with Crippen LogP contribution in [0.2, 0.25) is 0 Å². The van der Waals surface area contributed by atoms with Gasteiger partial charge in [-0.25, -0.2) is 4.98 Å². The predicted molar refractivity (Wildman–Crippen MR) is 306 cm³/mol. The molecule has 0 radical (unpaired) electrons. The number of hydrogen-bond donors (Lipinski definition) is 0. The molecule has 0 atom stereocenters. The summed E-state index contributed by atoms with van der Waals surface area (Å²) in [5, 5.41) is 5.34. The number of aromatic nitrogens is 4. The van der Waals surface area contributed by atoms with Crippen LogP contribution in [0.4, 0.5) is 22.7 Å². The summed E-state index contributed by atoms with van der Waals surface area (Å²) in [6.45, 7) is 16.0. The summed E-state index contributed by atoms with van der Waals surface area (Å²) in [5.41, 5.74) is 15.0. The van der Waals surface area contributed by atoms with Crippen molar-refractivity contribution >= 4 is 84.3 Å². The zero-order valence-electron chi connectivity index (χ0n) is 43.0. The van der Waals surface area contributed by atoms with Gasteiger partial charge in [-0.1, -0.05) is 180 Å². The predicted octanol–water partition coefficient (Wildman–Crippen LogP) is 15.7. The molecule has 0 N–H and O–H groups in total. The molecule has 2 aliphatic rings. The zero-order chi connectivity index (χ0) is 50.3. The van der Waals surface area contributed by atoms with Gasteiger partial charge in [0.25, 0.3) is 0 Å². The van der Waals surface area contributed by atoms with Gasteiger partial charge in [-0.05, 0) is 87.4 Å². The first-order chi connectivity index (χ1) is 35.9. The zero-order valence-corrected chi connectivity index (χ0v) is 45.2. The van der Waals surface area contributed by atoms with Gasteiger partial charge in [0.2, 0.25) is 0 Å². The van der Waals surface area contributed by atoms with Crippen molar-refractivity contribution in [2.24, 2.45) is 0 Å². The summed E-state index contributed by atoms with van der Waals surface area (Å²) in [6, 6.07) is 74.8. The summed E-state index contributed by atoms with van der Waals surface area (Å²) < 4.78 is 11.6. The molecule has 75 heavy (non-hydrogen) atoms. The molecule has 0 saturated heterocycles. The smallest absolute Gasteiger partial charge is 0.503 e. The normalized spacial score (nSPS) is 14.6. The molecule has 6 heterocycles. The number of hydrogen-bond acceptors (Lipinski definition) is 5. The molecule has 8 aromatic carbocycles. The molecule has 2 aliphatic heterocycles. The molecule has 366 valence electrons. The number of rotatable bonds is 7. The van der Waals surface area contributed by atoms with Crippen molar-refractivity contribution < 1.29 is 25.8 Å². The first-order valence-corrected chi connectivity index (χ1v) is 25.7. The molecule has 7 nitrogen and oxygen atoms in total. The Morgan fingerprint density at radius 3 is 1.87 bits per heavy atom. The Bertz CT molecular complexity index is 4170. The second-order valence-corrected chi connectivity index (χ2v) is 22.1. The second kappa shape index (κ2) is 17.1. The van der Waals surface area contributed by atoms with E-state index in [0.29, 0.717) is 11.5 Å². The van der Waals surface area contributed by atoms with Crippen LogP contribution in [0.5, 0.6) is 11.5 Å². The van der Waals surface area contributed by atoms with E-state index in [1.807, 2.05) is 18.3 Å². The molecule has 4 aromatic heterocycles. The summed E-state index contributed by atoms with van der Waals surface area (Å²) >= 11 is 0. The minimum absolute atomic E-state index is 0. The Hall–Kier alpha value is -7.93. The van der Waals surface area contributed by atoms with Gasteiger partial charge in [-0.15, -0.1) is 29.7 Å². The maximum atomic E-state index is 6.93. The average Bonchev–Trinajstić information content (AvgIpc) is 4.16. The number of fused-ring (bicyclic) bond motifs is 7. The Morgan fingerprint density at radius 1 is 0.573 bits per heavy atom. The number of ether oxygens (including phenoxy) is 1. The second-order valence-electron chi connectivity index (χ2n) is 22.1. The van der Waals surface area contributed by atoms with Gasteiger partial charge < -0.3 is 23.3 Å². The van der Waals surface area contributed by atoms with Crippen LogP contribution in [-0.4, -0.2) is 25.9 Å². The van der Waals surface area contributed by atoms with Gasteiger partial charge in [-0.2, -0.15) is 6.07 Å². The van der Waals surface area contributed by atoms with E-state index in [1.54, 1.807) is 0 Å². The van der Waals surface area contributed by atoms with E-state index < -0.39 is 0 Å². The molecule has 0 saturated carbocycles. The van der Waals surface area contributed by atoms with E-state index in [9.17, 15) is 0 Å². The quantitative estimate of drug-likeness (QED) is 0.0904. The Balaban J connectivity index is 0.00000541. The van der Waals surface area contributed by atoms with Crippen LogP contribution in [0.3, 0.4) is 0 Å². The minimum Gasteiger partial charge on any atom is -0.503 e. The molecular weight excluding hydrogens is 1100 g/mol. The van der Waals surface area contributed by atoms with Gasteiger partial charge in [-0.3, -0.25) is 4.98 Å². The average molecular weight is 1150 g/mol. The summed E-state index contributed by atoms with van der Waals surface area (Å²) in [6.07, 6.45) is 1.93. The Labute approximate surface area is 452 Å². The van der Waals surface area contributed by atoms with Crippen LogP contribution in [-0.2, 0) is 37.3 Å². The fourth-order valence-corrected chi connectivity index (χ4v) is 12.1. The fourth-order valence-electron chi connectivity index (χ4n) is 12.1. The van der Waals surface area contributed by atoms with Crippen molar-refractivity contribution in [3.05, 3.63) is 223 Å². The maximum Gasteiger partial charge on any atom is 2.00 e. The number of anilines is 4. The van der Waals surface area contributed by atoms with Crippen molar-refractivity contribution in [1.82, 2.24) is 18.9 Å². The van der Waals surface area contributed by atoms with Crippen LogP contribution >= 0.6 is 0 Å². The fraction of sp³-hybridized carbons (Fsp3) is 0.152. The van der Waals surface area contributed by atoms with Crippen molar-refractivity contribution in [2.75, 3.05) is 9.62 Å². The Morgan fingerprint density at radius 2 is 1.20 bits per heavy atom. The number of nitrogens with zero attached hydrogens (tertiary/aromatic N) is 6. The molecule has 0 aliphatic carbocycles. The van der Waals surface area contributed by atoms with E-state index in [-0.39, 0.29) is 44.3 Å². The molecule has 9 heteroatoms. The summed E-state index contributed by atoms with van der Waals surface area (Å²) in [7, 11) is 0. The standard InChI is InChI=1S/C66H53BN6O.Pt/c1-64(2,3)43-36-37-68-59(38-43)70-55-35-30-44(67-72(45-22-13-9-14-23-45)56-28-17-18-29-57(56)73(67)46-24-15-10-16-25-46)39-52(55)50-34-32-48(41-58(50)70)74-47-31-33-49-51-26-19-27-54-61(51)71-62(66(6,7)65(54,4)5)60(42-20-11-8-12-21-42)69-63(71)53(49)40-47;/h8-39H,1-7H3;/q-2;+2. The molecular formula is C66H53BN6OPt. The van der Waals surface area contributed by atoms with Gasteiger partial charge >= 0.3 is 28.0 Å². The molecule has 0 unspecified atom stereocenters. The Kier molecular flexibility index (Phi) is 10.7. The molecule has 0 fully saturated rings. The van der Waals surface area contributed by atoms with E-state index in [0.717, 1.165) is 83.5 Å². The third-order valence-corrected chi connectivity index (χ3v) is 16.4. The van der Waals surface area contributed by atoms with E-state index in [2.05, 4.69) is 255 Å². The molecule has 14 rings (SSSR count). The van der Waals surface area contributed by atoms with Crippen molar-refractivity contribution in [3.63, 3.8) is 0 Å². The third kappa shape index (κ3) is 6.98. The van der Waals surface area contributed by atoms with Crippen molar-refractivity contribution in [2.45, 2.75) is 64.7 Å². The van der Waals surface area contributed by atoms with Crippen molar-refractivity contribution in [3.8, 4) is 28.6 Å². The van der Waals surface area contributed by atoms with Crippen LogP contribution in [0, 0.1) is 12.1 Å². The van der Waals surface area contributed by atoms with Crippen LogP contribution < -0.4 is 19.8 Å². The number of benzene rings is 8. The minimum atomic E-state index is -0.254. The number of imidazole rings is 1. The first-order valence-electron chi connectivity index (χ1n) is 25.7. The van der Waals surface area contributed by atoms with Gasteiger partial charge in [0, 0.05) is 62.2 Å². The van der Waals surface area contributed by atoms with Gasteiger partial charge in [0.1, 0.15) is 5.82 Å². The number of pyridine rings is 2. The molecule has 12 aromatic rings.